The first-order chi connectivity index (χ1) is 12.1. The molecule has 4 nitrogen and oxygen atoms in total. The molecular formula is C19H19F2NO3. The molecule has 1 amide bonds. The fourth-order valence-electron chi connectivity index (χ4n) is 2.86. The van der Waals surface area contributed by atoms with Gasteiger partial charge in [0.1, 0.15) is 17.7 Å². The number of nitrogens with zero attached hydrogens (tertiary/aromatic N) is 1. The minimum atomic E-state index is -0.495. The Morgan fingerprint density at radius 1 is 1.08 bits per heavy atom. The minimum Gasteiger partial charge on any atom is -0.494 e. The molecule has 2 aromatic rings. The number of carbonyl (C=O) groups is 1. The third kappa shape index (κ3) is 4.07. The van der Waals surface area contributed by atoms with Crippen molar-refractivity contribution >= 4 is 5.91 Å². The van der Waals surface area contributed by atoms with Gasteiger partial charge in [-0.15, -0.1) is 0 Å². The predicted molar refractivity (Wildman–Crippen MR) is 88.9 cm³/mol. The van der Waals surface area contributed by atoms with Gasteiger partial charge in [-0.25, -0.2) is 8.78 Å². The van der Waals surface area contributed by atoms with E-state index in [2.05, 4.69) is 0 Å². The summed E-state index contributed by atoms with van der Waals surface area (Å²) in [7, 11) is 1.37. The van der Waals surface area contributed by atoms with Gasteiger partial charge in [-0.2, -0.15) is 0 Å². The number of ether oxygens (including phenoxy) is 2. The molecule has 0 radical (unpaired) electrons. The van der Waals surface area contributed by atoms with E-state index in [-0.39, 0.29) is 23.6 Å². The van der Waals surface area contributed by atoms with Crippen LogP contribution in [0.25, 0.3) is 0 Å². The van der Waals surface area contributed by atoms with E-state index in [0.717, 1.165) is 0 Å². The summed E-state index contributed by atoms with van der Waals surface area (Å²) in [6, 6.07) is 10.0. The Hall–Kier alpha value is -2.63. The molecule has 0 aromatic heterocycles. The van der Waals surface area contributed by atoms with Crippen LogP contribution in [-0.2, 0) is 0 Å². The SMILES string of the molecule is COc1cc(C(=O)N2CCC(Oc3ccc(F)cc3)CC2)ccc1F. The van der Waals surface area contributed by atoms with Crippen LogP contribution in [0.3, 0.4) is 0 Å². The number of halogens is 2. The van der Waals surface area contributed by atoms with Gasteiger partial charge in [-0.1, -0.05) is 0 Å². The molecule has 1 aliphatic heterocycles. The van der Waals surface area contributed by atoms with Gasteiger partial charge >= 0.3 is 0 Å². The molecule has 0 aliphatic carbocycles. The fourth-order valence-corrected chi connectivity index (χ4v) is 2.86. The van der Waals surface area contributed by atoms with Crippen molar-refractivity contribution < 1.29 is 23.0 Å². The second-order valence-corrected chi connectivity index (χ2v) is 5.91. The third-order valence-corrected chi connectivity index (χ3v) is 4.24. The molecule has 0 atom stereocenters. The van der Waals surface area contributed by atoms with Crippen molar-refractivity contribution in [2.75, 3.05) is 20.2 Å². The van der Waals surface area contributed by atoms with Crippen LogP contribution >= 0.6 is 0 Å². The van der Waals surface area contributed by atoms with Crippen LogP contribution in [0.15, 0.2) is 42.5 Å². The molecule has 0 unspecified atom stereocenters. The lowest BCUT2D eigenvalue weighted by atomic mass is 10.1. The van der Waals surface area contributed by atoms with Gasteiger partial charge in [0.15, 0.2) is 11.6 Å². The Morgan fingerprint density at radius 2 is 1.76 bits per heavy atom. The molecule has 1 fully saturated rings. The van der Waals surface area contributed by atoms with Crippen LogP contribution in [0.1, 0.15) is 23.2 Å². The predicted octanol–water partition coefficient (Wildman–Crippen LogP) is 3.66. The quantitative estimate of drug-likeness (QED) is 0.847. The highest BCUT2D eigenvalue weighted by molar-refractivity contribution is 5.94. The van der Waals surface area contributed by atoms with E-state index in [1.54, 1.807) is 17.0 Å². The van der Waals surface area contributed by atoms with E-state index in [1.807, 2.05) is 0 Å². The van der Waals surface area contributed by atoms with Crippen LogP contribution in [0.2, 0.25) is 0 Å². The van der Waals surface area contributed by atoms with E-state index in [4.69, 9.17) is 9.47 Å². The van der Waals surface area contributed by atoms with Gasteiger partial charge in [0, 0.05) is 31.5 Å². The maximum absolute atomic E-state index is 13.5. The van der Waals surface area contributed by atoms with Crippen molar-refractivity contribution in [3.63, 3.8) is 0 Å². The Labute approximate surface area is 145 Å². The highest BCUT2D eigenvalue weighted by Gasteiger charge is 2.25. The summed E-state index contributed by atoms with van der Waals surface area (Å²) >= 11 is 0. The second kappa shape index (κ2) is 7.51. The number of methoxy groups -OCH3 is 1. The van der Waals surface area contributed by atoms with Crippen molar-refractivity contribution in [3.05, 3.63) is 59.7 Å². The van der Waals surface area contributed by atoms with Crippen molar-refractivity contribution in [1.82, 2.24) is 4.90 Å². The van der Waals surface area contributed by atoms with E-state index in [1.165, 1.54) is 37.4 Å². The molecule has 0 saturated carbocycles. The number of hydrogen-bond acceptors (Lipinski definition) is 3. The average molecular weight is 347 g/mol. The average Bonchev–Trinajstić information content (AvgIpc) is 2.64. The van der Waals surface area contributed by atoms with Crippen molar-refractivity contribution in [1.29, 1.82) is 0 Å². The molecule has 1 aliphatic rings. The molecule has 0 spiro atoms. The first-order valence-corrected chi connectivity index (χ1v) is 8.12. The number of benzene rings is 2. The topological polar surface area (TPSA) is 38.8 Å². The Bertz CT molecular complexity index is 741. The molecule has 6 heteroatoms. The summed E-state index contributed by atoms with van der Waals surface area (Å²) in [5.41, 5.74) is 0.399. The molecule has 1 heterocycles. The zero-order valence-electron chi connectivity index (χ0n) is 13.9. The van der Waals surface area contributed by atoms with E-state index in [0.29, 0.717) is 37.2 Å². The van der Waals surface area contributed by atoms with Gasteiger partial charge in [-0.05, 0) is 42.5 Å². The summed E-state index contributed by atoms with van der Waals surface area (Å²) in [4.78, 5) is 14.3. The first-order valence-electron chi connectivity index (χ1n) is 8.12. The van der Waals surface area contributed by atoms with E-state index >= 15 is 0 Å². The van der Waals surface area contributed by atoms with Crippen LogP contribution in [0, 0.1) is 11.6 Å². The molecular weight excluding hydrogens is 328 g/mol. The Balaban J connectivity index is 1.58. The molecule has 132 valence electrons. The lowest BCUT2D eigenvalue weighted by Crippen LogP contribution is -2.41. The van der Waals surface area contributed by atoms with Gasteiger partial charge in [0.05, 0.1) is 7.11 Å². The van der Waals surface area contributed by atoms with Crippen LogP contribution < -0.4 is 9.47 Å². The monoisotopic (exact) mass is 347 g/mol. The minimum absolute atomic E-state index is 0.0164. The fraction of sp³-hybridized carbons (Fsp3) is 0.316. The molecule has 0 N–H and O–H groups in total. The van der Waals surface area contributed by atoms with Crippen molar-refractivity contribution in [2.45, 2.75) is 18.9 Å². The van der Waals surface area contributed by atoms with Crippen molar-refractivity contribution in [3.8, 4) is 11.5 Å². The summed E-state index contributed by atoms with van der Waals surface area (Å²) < 4.78 is 37.1. The van der Waals surface area contributed by atoms with Crippen molar-refractivity contribution in [2.24, 2.45) is 0 Å². The van der Waals surface area contributed by atoms with Crippen LogP contribution in [0.4, 0.5) is 8.78 Å². The first kappa shape index (κ1) is 17.2. The normalized spacial score (nSPS) is 15.1. The molecule has 1 saturated heterocycles. The van der Waals surface area contributed by atoms with E-state index in [9.17, 15) is 13.6 Å². The van der Waals surface area contributed by atoms with Crippen LogP contribution in [-0.4, -0.2) is 37.1 Å². The molecule has 0 bridgehead atoms. The van der Waals surface area contributed by atoms with E-state index < -0.39 is 5.82 Å². The maximum Gasteiger partial charge on any atom is 0.253 e. The van der Waals surface area contributed by atoms with Gasteiger partial charge in [0.2, 0.25) is 0 Å². The maximum atomic E-state index is 13.5. The zero-order chi connectivity index (χ0) is 17.8. The molecule has 2 aromatic carbocycles. The summed E-state index contributed by atoms with van der Waals surface area (Å²) in [5, 5.41) is 0. The van der Waals surface area contributed by atoms with Crippen LogP contribution in [0.5, 0.6) is 11.5 Å². The number of amides is 1. The Morgan fingerprint density at radius 3 is 2.40 bits per heavy atom. The zero-order valence-corrected chi connectivity index (χ0v) is 13.9. The highest BCUT2D eigenvalue weighted by Crippen LogP contribution is 2.23. The standard InChI is InChI=1S/C19H19F2NO3/c1-24-18-12-13(2-7-17(18)21)19(23)22-10-8-16(9-11-22)25-15-5-3-14(20)4-6-15/h2-7,12,16H,8-11H2,1H3. The summed E-state index contributed by atoms with van der Waals surface area (Å²) in [5.74, 6) is -0.277. The number of piperidine rings is 1. The second-order valence-electron chi connectivity index (χ2n) is 5.91. The lowest BCUT2D eigenvalue weighted by Gasteiger charge is -2.32. The lowest BCUT2D eigenvalue weighted by molar-refractivity contribution is 0.0595. The van der Waals surface area contributed by atoms with Gasteiger partial charge < -0.3 is 14.4 Å². The largest absolute Gasteiger partial charge is 0.494 e. The molecule has 3 rings (SSSR count). The third-order valence-electron chi connectivity index (χ3n) is 4.24. The number of carbonyl (C=O) groups excluding carboxylic acids is 1. The van der Waals surface area contributed by atoms with Gasteiger partial charge in [0.25, 0.3) is 5.91 Å². The Kier molecular flexibility index (Phi) is 5.16. The summed E-state index contributed by atoms with van der Waals surface area (Å²) in [6.45, 7) is 1.09. The number of hydrogen-bond donors (Lipinski definition) is 0. The summed E-state index contributed by atoms with van der Waals surface area (Å²) in [6.07, 6.45) is 1.35. The number of likely N-dealkylation sites (tertiary alicyclic amines) is 1. The van der Waals surface area contributed by atoms with Gasteiger partial charge in [-0.3, -0.25) is 4.79 Å². The molecule has 25 heavy (non-hydrogen) atoms. The smallest absolute Gasteiger partial charge is 0.253 e. The number of rotatable bonds is 4. The highest BCUT2D eigenvalue weighted by atomic mass is 19.1.